The van der Waals surface area contributed by atoms with Gasteiger partial charge in [-0.05, 0) is 52.7 Å². The first-order chi connectivity index (χ1) is 10.1. The van der Waals surface area contributed by atoms with Crippen LogP contribution >= 0.6 is 15.9 Å². The number of carbonyl (C=O) groups is 1. The molecule has 0 saturated heterocycles. The molecule has 0 amide bonds. The third-order valence-corrected chi connectivity index (χ3v) is 3.56. The first kappa shape index (κ1) is 15.4. The number of carboxylic acids is 1. The van der Waals surface area contributed by atoms with Crippen molar-refractivity contribution in [2.24, 2.45) is 0 Å². The van der Waals surface area contributed by atoms with Crippen molar-refractivity contribution in [3.05, 3.63) is 58.1 Å². The Labute approximate surface area is 131 Å². The van der Waals surface area contributed by atoms with E-state index in [0.717, 1.165) is 11.3 Å². The van der Waals surface area contributed by atoms with Gasteiger partial charge >= 0.3 is 5.97 Å². The summed E-state index contributed by atoms with van der Waals surface area (Å²) in [6.45, 7) is 2.98. The van der Waals surface area contributed by atoms with Crippen molar-refractivity contribution >= 4 is 27.6 Å². The lowest BCUT2D eigenvalue weighted by molar-refractivity contribution is 0.0697. The molecule has 2 N–H and O–H groups in total. The summed E-state index contributed by atoms with van der Waals surface area (Å²) in [6.07, 6.45) is 0. The quantitative estimate of drug-likeness (QED) is 0.775. The molecule has 0 spiro atoms. The predicted octanol–water partition coefficient (Wildman–Crippen LogP) is 3.95. The van der Waals surface area contributed by atoms with E-state index in [0.29, 0.717) is 23.3 Å². The van der Waals surface area contributed by atoms with E-state index in [4.69, 9.17) is 4.74 Å². The minimum atomic E-state index is -0.968. The van der Waals surface area contributed by atoms with Crippen molar-refractivity contribution in [2.45, 2.75) is 6.92 Å². The van der Waals surface area contributed by atoms with E-state index in [2.05, 4.69) is 21.2 Å². The fourth-order valence-corrected chi connectivity index (χ4v) is 2.48. The minimum absolute atomic E-state index is 0.230. The largest absolute Gasteiger partial charge is 0.492 e. The Morgan fingerprint density at radius 2 is 2.05 bits per heavy atom. The molecule has 0 atom stereocenters. The number of halogens is 1. The van der Waals surface area contributed by atoms with Gasteiger partial charge < -0.3 is 15.2 Å². The van der Waals surface area contributed by atoms with Crippen molar-refractivity contribution < 1.29 is 14.6 Å². The summed E-state index contributed by atoms with van der Waals surface area (Å²) in [5, 5.41) is 12.3. The lowest BCUT2D eigenvalue weighted by Crippen LogP contribution is -2.14. The first-order valence-corrected chi connectivity index (χ1v) is 7.32. The molecule has 0 aliphatic rings. The van der Waals surface area contributed by atoms with Gasteiger partial charge in [-0.3, -0.25) is 0 Å². The zero-order valence-electron chi connectivity index (χ0n) is 11.6. The summed E-state index contributed by atoms with van der Waals surface area (Å²) in [5.74, 6) is -0.158. The molecule has 0 fully saturated rings. The van der Waals surface area contributed by atoms with Crippen molar-refractivity contribution in [2.75, 3.05) is 18.5 Å². The van der Waals surface area contributed by atoms with Crippen LogP contribution in [0, 0.1) is 6.92 Å². The number of hydrogen-bond donors (Lipinski definition) is 2. The Morgan fingerprint density at radius 3 is 2.76 bits per heavy atom. The van der Waals surface area contributed by atoms with Crippen molar-refractivity contribution in [1.29, 1.82) is 0 Å². The van der Waals surface area contributed by atoms with Crippen LogP contribution in [-0.4, -0.2) is 24.2 Å². The van der Waals surface area contributed by atoms with Crippen LogP contribution in [0.25, 0.3) is 0 Å². The molecule has 110 valence electrons. The van der Waals surface area contributed by atoms with Crippen LogP contribution in [0.3, 0.4) is 0 Å². The molecule has 0 aliphatic carbocycles. The van der Waals surface area contributed by atoms with Gasteiger partial charge in [0.05, 0.1) is 5.56 Å². The molecule has 0 aliphatic heterocycles. The zero-order chi connectivity index (χ0) is 15.2. The van der Waals surface area contributed by atoms with Crippen molar-refractivity contribution in [3.63, 3.8) is 0 Å². The van der Waals surface area contributed by atoms with Gasteiger partial charge in [0.15, 0.2) is 0 Å². The minimum Gasteiger partial charge on any atom is -0.492 e. The van der Waals surface area contributed by atoms with Gasteiger partial charge in [0.2, 0.25) is 0 Å². The maximum Gasteiger partial charge on any atom is 0.338 e. The SMILES string of the molecule is Cc1cccc(OCCNc2cccc(Br)c2C(=O)O)c1. The number of benzene rings is 2. The second-order valence-corrected chi connectivity index (χ2v) is 5.41. The second-order valence-electron chi connectivity index (χ2n) is 4.56. The highest BCUT2D eigenvalue weighted by Crippen LogP contribution is 2.24. The average Bonchev–Trinajstić information content (AvgIpc) is 2.43. The molecule has 2 aromatic rings. The number of ether oxygens (including phenoxy) is 1. The number of aryl methyl sites for hydroxylation is 1. The van der Waals surface area contributed by atoms with Gasteiger partial charge in [-0.2, -0.15) is 0 Å². The summed E-state index contributed by atoms with van der Waals surface area (Å²) in [5.41, 5.74) is 1.94. The van der Waals surface area contributed by atoms with E-state index in [1.54, 1.807) is 18.2 Å². The Morgan fingerprint density at radius 1 is 1.29 bits per heavy atom. The third-order valence-electron chi connectivity index (χ3n) is 2.90. The van der Waals surface area contributed by atoms with Crippen molar-refractivity contribution in [3.8, 4) is 5.75 Å². The van der Waals surface area contributed by atoms with E-state index in [1.807, 2.05) is 31.2 Å². The maximum absolute atomic E-state index is 11.2. The third kappa shape index (κ3) is 4.23. The van der Waals surface area contributed by atoms with Crippen LogP contribution in [0.4, 0.5) is 5.69 Å². The van der Waals surface area contributed by atoms with Crippen LogP contribution in [0.1, 0.15) is 15.9 Å². The van der Waals surface area contributed by atoms with Crippen LogP contribution in [0.2, 0.25) is 0 Å². The monoisotopic (exact) mass is 349 g/mol. The fourth-order valence-electron chi connectivity index (χ4n) is 1.95. The normalized spacial score (nSPS) is 10.2. The smallest absolute Gasteiger partial charge is 0.338 e. The predicted molar refractivity (Wildman–Crippen MR) is 86.3 cm³/mol. The summed E-state index contributed by atoms with van der Waals surface area (Å²) in [7, 11) is 0. The second kappa shape index (κ2) is 7.13. The summed E-state index contributed by atoms with van der Waals surface area (Å²) in [6, 6.07) is 13.0. The standard InChI is InChI=1S/C16H16BrNO3/c1-11-4-2-5-12(10-11)21-9-8-18-14-7-3-6-13(17)15(14)16(19)20/h2-7,10,18H,8-9H2,1H3,(H,19,20). The first-order valence-electron chi connectivity index (χ1n) is 6.53. The van der Waals surface area contributed by atoms with E-state index in [-0.39, 0.29) is 5.56 Å². The van der Waals surface area contributed by atoms with Crippen molar-refractivity contribution in [1.82, 2.24) is 0 Å². The molecule has 0 saturated carbocycles. The van der Waals surface area contributed by atoms with Crippen LogP contribution in [0.15, 0.2) is 46.9 Å². The molecular formula is C16H16BrNO3. The Bertz CT molecular complexity index is 643. The summed E-state index contributed by atoms with van der Waals surface area (Å²) in [4.78, 5) is 11.2. The van der Waals surface area contributed by atoms with E-state index < -0.39 is 5.97 Å². The van der Waals surface area contributed by atoms with Gasteiger partial charge in [0.1, 0.15) is 12.4 Å². The molecule has 0 unspecified atom stereocenters. The van der Waals surface area contributed by atoms with Gasteiger partial charge in [0.25, 0.3) is 0 Å². The van der Waals surface area contributed by atoms with E-state index in [1.165, 1.54) is 0 Å². The Kier molecular flexibility index (Phi) is 5.22. The maximum atomic E-state index is 11.2. The highest BCUT2D eigenvalue weighted by molar-refractivity contribution is 9.10. The molecule has 21 heavy (non-hydrogen) atoms. The molecule has 2 rings (SSSR count). The number of carboxylic acid groups (broad SMARTS) is 1. The Hall–Kier alpha value is -2.01. The van der Waals surface area contributed by atoms with Crippen LogP contribution in [0.5, 0.6) is 5.75 Å². The number of aromatic carboxylic acids is 1. The lowest BCUT2D eigenvalue weighted by atomic mass is 10.2. The Balaban J connectivity index is 1.92. The lowest BCUT2D eigenvalue weighted by Gasteiger charge is -2.12. The van der Waals surface area contributed by atoms with Gasteiger partial charge in [-0.1, -0.05) is 18.2 Å². The molecule has 2 aromatic carbocycles. The number of rotatable bonds is 6. The average molecular weight is 350 g/mol. The van der Waals surface area contributed by atoms with Gasteiger partial charge in [0, 0.05) is 16.7 Å². The molecule has 5 heteroatoms. The van der Waals surface area contributed by atoms with Gasteiger partial charge in [-0.15, -0.1) is 0 Å². The highest BCUT2D eigenvalue weighted by Gasteiger charge is 2.13. The number of nitrogens with one attached hydrogen (secondary N) is 1. The number of hydrogen-bond acceptors (Lipinski definition) is 3. The highest BCUT2D eigenvalue weighted by atomic mass is 79.9. The van der Waals surface area contributed by atoms with Crippen LogP contribution < -0.4 is 10.1 Å². The van der Waals surface area contributed by atoms with Gasteiger partial charge in [-0.25, -0.2) is 4.79 Å². The molecule has 0 radical (unpaired) electrons. The molecular weight excluding hydrogens is 334 g/mol. The summed E-state index contributed by atoms with van der Waals surface area (Å²) >= 11 is 3.25. The molecule has 0 aromatic heterocycles. The van der Waals surface area contributed by atoms with E-state index >= 15 is 0 Å². The zero-order valence-corrected chi connectivity index (χ0v) is 13.2. The fraction of sp³-hybridized carbons (Fsp3) is 0.188. The molecule has 0 bridgehead atoms. The molecule has 0 heterocycles. The van der Waals surface area contributed by atoms with E-state index in [9.17, 15) is 9.90 Å². The van der Waals surface area contributed by atoms with Crippen LogP contribution in [-0.2, 0) is 0 Å². The summed E-state index contributed by atoms with van der Waals surface area (Å²) < 4.78 is 6.17. The topological polar surface area (TPSA) is 58.6 Å². The molecule has 4 nitrogen and oxygen atoms in total. The number of anilines is 1.